The zero-order valence-electron chi connectivity index (χ0n) is 16.4. The van der Waals surface area contributed by atoms with Crippen LogP contribution in [0.3, 0.4) is 0 Å². The van der Waals surface area contributed by atoms with Gasteiger partial charge in [-0.05, 0) is 55.0 Å². The molecule has 1 aliphatic rings. The first-order valence-electron chi connectivity index (χ1n) is 9.67. The summed E-state index contributed by atoms with van der Waals surface area (Å²) in [6.07, 6.45) is 0.852. The third kappa shape index (κ3) is 5.55. The van der Waals surface area contributed by atoms with Gasteiger partial charge in [0.1, 0.15) is 5.82 Å². The Morgan fingerprint density at radius 1 is 1.03 bits per heavy atom. The molecular weight excluding hydrogens is 407 g/mol. The number of amides is 1. The van der Waals surface area contributed by atoms with Crippen LogP contribution in [-0.2, 0) is 14.8 Å². The molecule has 1 N–H and O–H groups in total. The molecule has 1 fully saturated rings. The molecule has 1 heterocycles. The predicted octanol–water partition coefficient (Wildman–Crippen LogP) is 2.10. The molecule has 30 heavy (non-hydrogen) atoms. The molecule has 0 radical (unpaired) electrons. The van der Waals surface area contributed by atoms with E-state index in [1.165, 1.54) is 12.1 Å². The summed E-state index contributed by atoms with van der Waals surface area (Å²) < 4.78 is 39.8. The van der Waals surface area contributed by atoms with Gasteiger partial charge in [0.15, 0.2) is 0 Å². The number of nitrogens with one attached hydrogen (secondary N) is 1. The van der Waals surface area contributed by atoms with Crippen LogP contribution in [0.15, 0.2) is 53.4 Å². The van der Waals surface area contributed by atoms with Crippen molar-refractivity contribution < 1.29 is 17.6 Å². The Balaban J connectivity index is 1.50. The van der Waals surface area contributed by atoms with Gasteiger partial charge in [0.2, 0.25) is 15.9 Å². The largest absolute Gasteiger partial charge is 0.370 e. The molecule has 158 valence electrons. The van der Waals surface area contributed by atoms with Crippen LogP contribution in [0.4, 0.5) is 10.1 Å². The van der Waals surface area contributed by atoms with E-state index in [9.17, 15) is 17.6 Å². The number of halogens is 1. The second-order valence-corrected chi connectivity index (χ2v) is 8.75. The first kappa shape index (κ1) is 21.7. The number of carbonyl (C=O) groups is 1. The van der Waals surface area contributed by atoms with Crippen LogP contribution in [0.25, 0.3) is 0 Å². The molecule has 3 rings (SSSR count). The smallest absolute Gasteiger partial charge is 0.240 e. The van der Waals surface area contributed by atoms with E-state index in [2.05, 4.69) is 15.7 Å². The maximum absolute atomic E-state index is 13.0. The van der Waals surface area contributed by atoms with E-state index in [1.807, 2.05) is 12.1 Å². The summed E-state index contributed by atoms with van der Waals surface area (Å²) in [4.78, 5) is 16.4. The van der Waals surface area contributed by atoms with Gasteiger partial charge in [-0.15, -0.1) is 0 Å². The fraction of sp³-hybridized carbons (Fsp3) is 0.333. The fourth-order valence-corrected chi connectivity index (χ4v) is 4.35. The molecule has 1 saturated heterocycles. The number of nitriles is 1. The van der Waals surface area contributed by atoms with E-state index in [4.69, 9.17) is 5.26 Å². The average Bonchev–Trinajstić information content (AvgIpc) is 3.00. The standard InChI is InChI=1S/C21H23FN4O3S/c22-18-4-8-20(9-5-18)30(28,29)24-11-10-21(27)26-13-1-12-25(14-15-26)19-6-2-17(16-23)3-7-19/h2-9,24H,1,10-15H2. The van der Waals surface area contributed by atoms with Gasteiger partial charge in [-0.1, -0.05) is 0 Å². The highest BCUT2D eigenvalue weighted by Crippen LogP contribution is 2.17. The topological polar surface area (TPSA) is 93.5 Å². The number of nitrogens with zero attached hydrogens (tertiary/aromatic N) is 3. The van der Waals surface area contributed by atoms with Crippen LogP contribution in [-0.4, -0.2) is 51.9 Å². The van der Waals surface area contributed by atoms with Crippen molar-refractivity contribution in [1.29, 1.82) is 5.26 Å². The minimum Gasteiger partial charge on any atom is -0.370 e. The fourth-order valence-electron chi connectivity index (χ4n) is 3.32. The van der Waals surface area contributed by atoms with E-state index in [1.54, 1.807) is 17.0 Å². The minimum absolute atomic E-state index is 0.0195. The molecule has 0 unspecified atom stereocenters. The molecule has 7 nitrogen and oxygen atoms in total. The minimum atomic E-state index is -3.78. The molecular formula is C21H23FN4O3S. The molecule has 0 aliphatic carbocycles. The Hall–Kier alpha value is -2.96. The predicted molar refractivity (Wildman–Crippen MR) is 111 cm³/mol. The number of anilines is 1. The normalized spacial score (nSPS) is 14.8. The maximum atomic E-state index is 13.0. The lowest BCUT2D eigenvalue weighted by atomic mass is 10.2. The summed E-state index contributed by atoms with van der Waals surface area (Å²) in [6, 6.07) is 14.0. The Morgan fingerprint density at radius 3 is 2.40 bits per heavy atom. The van der Waals surface area contributed by atoms with Gasteiger partial charge in [0.05, 0.1) is 16.5 Å². The van der Waals surface area contributed by atoms with Crippen LogP contribution in [0.5, 0.6) is 0 Å². The lowest BCUT2D eigenvalue weighted by Gasteiger charge is -2.24. The van der Waals surface area contributed by atoms with Gasteiger partial charge in [-0.2, -0.15) is 5.26 Å². The van der Waals surface area contributed by atoms with Crippen molar-refractivity contribution in [1.82, 2.24) is 9.62 Å². The first-order chi connectivity index (χ1) is 14.4. The highest BCUT2D eigenvalue weighted by molar-refractivity contribution is 7.89. The molecule has 9 heteroatoms. The maximum Gasteiger partial charge on any atom is 0.240 e. The van der Waals surface area contributed by atoms with Crippen LogP contribution in [0, 0.1) is 17.1 Å². The highest BCUT2D eigenvalue weighted by atomic mass is 32.2. The Morgan fingerprint density at radius 2 is 1.73 bits per heavy atom. The quantitative estimate of drug-likeness (QED) is 0.758. The zero-order valence-corrected chi connectivity index (χ0v) is 17.2. The second kappa shape index (κ2) is 9.69. The summed E-state index contributed by atoms with van der Waals surface area (Å²) in [5, 5.41) is 8.91. The second-order valence-electron chi connectivity index (χ2n) is 6.98. The van der Waals surface area contributed by atoms with Crippen LogP contribution < -0.4 is 9.62 Å². The number of hydrogen-bond donors (Lipinski definition) is 1. The van der Waals surface area contributed by atoms with Crippen molar-refractivity contribution in [3.63, 3.8) is 0 Å². The van der Waals surface area contributed by atoms with E-state index in [0.717, 1.165) is 30.8 Å². The van der Waals surface area contributed by atoms with Gasteiger partial charge in [0, 0.05) is 44.8 Å². The van der Waals surface area contributed by atoms with Crippen LogP contribution >= 0.6 is 0 Å². The lowest BCUT2D eigenvalue weighted by molar-refractivity contribution is -0.130. The van der Waals surface area contributed by atoms with Crippen molar-refractivity contribution in [2.45, 2.75) is 17.7 Å². The van der Waals surface area contributed by atoms with E-state index in [0.29, 0.717) is 25.2 Å². The highest BCUT2D eigenvalue weighted by Gasteiger charge is 2.20. The summed E-state index contributed by atoms with van der Waals surface area (Å²) in [5.41, 5.74) is 1.61. The molecule has 1 aliphatic heterocycles. The monoisotopic (exact) mass is 430 g/mol. The van der Waals surface area contributed by atoms with Gasteiger partial charge >= 0.3 is 0 Å². The molecule has 0 spiro atoms. The van der Waals surface area contributed by atoms with E-state index < -0.39 is 15.8 Å². The number of sulfonamides is 1. The molecule has 1 amide bonds. The van der Waals surface area contributed by atoms with Gasteiger partial charge in [0.25, 0.3) is 0 Å². The third-order valence-corrected chi connectivity index (χ3v) is 6.44. The summed E-state index contributed by atoms with van der Waals surface area (Å²) >= 11 is 0. The van der Waals surface area contributed by atoms with E-state index in [-0.39, 0.29) is 23.8 Å². The molecule has 2 aromatic rings. The van der Waals surface area contributed by atoms with Crippen molar-refractivity contribution in [3.05, 3.63) is 59.9 Å². The zero-order chi connectivity index (χ0) is 21.6. The van der Waals surface area contributed by atoms with Crippen LogP contribution in [0.2, 0.25) is 0 Å². The molecule has 0 bridgehead atoms. The van der Waals surface area contributed by atoms with Crippen molar-refractivity contribution in [2.24, 2.45) is 0 Å². The third-order valence-electron chi connectivity index (χ3n) is 4.97. The van der Waals surface area contributed by atoms with Gasteiger partial charge < -0.3 is 9.80 Å². The van der Waals surface area contributed by atoms with E-state index >= 15 is 0 Å². The molecule has 0 atom stereocenters. The number of carbonyl (C=O) groups excluding carboxylic acids is 1. The Labute approximate surface area is 175 Å². The first-order valence-corrected chi connectivity index (χ1v) is 11.2. The average molecular weight is 431 g/mol. The van der Waals surface area contributed by atoms with Crippen molar-refractivity contribution >= 4 is 21.6 Å². The Bertz CT molecular complexity index is 1020. The summed E-state index contributed by atoms with van der Waals surface area (Å²) in [7, 11) is -3.78. The Kier molecular flexibility index (Phi) is 7.03. The summed E-state index contributed by atoms with van der Waals surface area (Å²) in [6.45, 7) is 2.60. The summed E-state index contributed by atoms with van der Waals surface area (Å²) in [5.74, 6) is -0.626. The van der Waals surface area contributed by atoms with Crippen molar-refractivity contribution in [2.75, 3.05) is 37.6 Å². The van der Waals surface area contributed by atoms with Gasteiger partial charge in [-0.25, -0.2) is 17.5 Å². The molecule has 0 aromatic heterocycles. The molecule has 0 saturated carbocycles. The number of benzene rings is 2. The molecule has 2 aromatic carbocycles. The van der Waals surface area contributed by atoms with Gasteiger partial charge in [-0.3, -0.25) is 4.79 Å². The number of hydrogen-bond acceptors (Lipinski definition) is 5. The van der Waals surface area contributed by atoms with Crippen molar-refractivity contribution in [3.8, 4) is 6.07 Å². The number of rotatable bonds is 6. The van der Waals surface area contributed by atoms with Crippen LogP contribution in [0.1, 0.15) is 18.4 Å². The lowest BCUT2D eigenvalue weighted by Crippen LogP contribution is -2.37. The SMILES string of the molecule is N#Cc1ccc(N2CCCN(C(=O)CCNS(=O)(=O)c3ccc(F)cc3)CC2)cc1.